The predicted octanol–water partition coefficient (Wildman–Crippen LogP) is 4.48. The van der Waals surface area contributed by atoms with E-state index >= 15 is 0 Å². The van der Waals surface area contributed by atoms with E-state index < -0.39 is 11.7 Å². The predicted molar refractivity (Wildman–Crippen MR) is 73.0 cm³/mol. The Kier molecular flexibility index (Phi) is 3.36. The molecule has 0 bridgehead atoms. The molecule has 1 aliphatic heterocycles. The summed E-state index contributed by atoms with van der Waals surface area (Å²) in [6.07, 6.45) is -2.99. The van der Waals surface area contributed by atoms with Crippen LogP contribution in [0.15, 0.2) is 42.5 Å². The Bertz CT molecular complexity index is 763. The number of fused-ring (bicyclic) bond motifs is 2. The van der Waals surface area contributed by atoms with Crippen molar-refractivity contribution in [3.05, 3.63) is 59.2 Å². The van der Waals surface area contributed by atoms with Crippen LogP contribution in [0.5, 0.6) is 11.5 Å². The molecule has 0 atom stereocenters. The lowest BCUT2D eigenvalue weighted by molar-refractivity contribution is -0.137. The Morgan fingerprint density at radius 2 is 1.82 bits per heavy atom. The molecule has 0 saturated carbocycles. The Morgan fingerprint density at radius 3 is 2.55 bits per heavy atom. The summed E-state index contributed by atoms with van der Waals surface area (Å²) >= 11 is 0. The summed E-state index contributed by atoms with van der Waals surface area (Å²) in [7, 11) is 0. The van der Waals surface area contributed by atoms with Crippen LogP contribution >= 0.6 is 0 Å². The van der Waals surface area contributed by atoms with E-state index in [1.165, 1.54) is 12.1 Å². The van der Waals surface area contributed by atoms with Gasteiger partial charge in [0.25, 0.3) is 6.47 Å². The van der Waals surface area contributed by atoms with E-state index in [2.05, 4.69) is 0 Å². The van der Waals surface area contributed by atoms with Gasteiger partial charge >= 0.3 is 6.18 Å². The highest BCUT2D eigenvalue weighted by Gasteiger charge is 2.31. The maximum Gasteiger partial charge on any atom is 0.416 e. The van der Waals surface area contributed by atoms with E-state index in [9.17, 15) is 18.0 Å². The Morgan fingerprint density at radius 1 is 1.05 bits per heavy atom. The molecule has 0 unspecified atom stereocenters. The van der Waals surface area contributed by atoms with E-state index in [4.69, 9.17) is 9.47 Å². The van der Waals surface area contributed by atoms with Gasteiger partial charge in [-0.2, -0.15) is 13.2 Å². The topological polar surface area (TPSA) is 35.5 Å². The van der Waals surface area contributed by atoms with Crippen LogP contribution < -0.4 is 4.74 Å². The molecule has 1 heterocycles. The molecule has 0 fully saturated rings. The van der Waals surface area contributed by atoms with Crippen molar-refractivity contribution in [2.24, 2.45) is 0 Å². The molecule has 112 valence electrons. The molecule has 2 aromatic rings. The van der Waals surface area contributed by atoms with E-state index in [0.717, 1.165) is 12.1 Å². The van der Waals surface area contributed by atoms with Crippen molar-refractivity contribution in [1.82, 2.24) is 0 Å². The SMILES string of the molecule is O=COC1=Cc2ccc(C(F)(F)F)cc2Oc2ccccc21. The lowest BCUT2D eigenvalue weighted by Crippen LogP contribution is -2.05. The number of carbonyl (C=O) groups excluding carboxylic acids is 1. The highest BCUT2D eigenvalue weighted by Crippen LogP contribution is 2.40. The van der Waals surface area contributed by atoms with Gasteiger partial charge in [0.05, 0.1) is 11.1 Å². The van der Waals surface area contributed by atoms with Gasteiger partial charge in [0.1, 0.15) is 17.3 Å². The molecule has 6 heteroatoms. The summed E-state index contributed by atoms with van der Waals surface area (Å²) in [4.78, 5) is 10.6. The third kappa shape index (κ3) is 2.55. The van der Waals surface area contributed by atoms with Crippen molar-refractivity contribution in [1.29, 1.82) is 0 Å². The van der Waals surface area contributed by atoms with Gasteiger partial charge in [-0.1, -0.05) is 18.2 Å². The molecule has 3 rings (SSSR count). The minimum Gasteiger partial charge on any atom is -0.456 e. The first-order valence-corrected chi connectivity index (χ1v) is 6.29. The number of halogens is 3. The average molecular weight is 306 g/mol. The smallest absolute Gasteiger partial charge is 0.416 e. The fourth-order valence-electron chi connectivity index (χ4n) is 2.16. The van der Waals surface area contributed by atoms with Gasteiger partial charge in [-0.15, -0.1) is 0 Å². The van der Waals surface area contributed by atoms with Crippen molar-refractivity contribution < 1.29 is 27.4 Å². The lowest BCUT2D eigenvalue weighted by Gasteiger charge is -2.12. The van der Waals surface area contributed by atoms with Gasteiger partial charge in [-0.25, -0.2) is 0 Å². The molecule has 0 aliphatic carbocycles. The first kappa shape index (κ1) is 14.2. The summed E-state index contributed by atoms with van der Waals surface area (Å²) in [5.74, 6) is 0.574. The molecule has 0 radical (unpaired) electrons. The van der Waals surface area contributed by atoms with Gasteiger partial charge < -0.3 is 9.47 Å². The largest absolute Gasteiger partial charge is 0.456 e. The third-order valence-electron chi connectivity index (χ3n) is 3.18. The van der Waals surface area contributed by atoms with Gasteiger partial charge in [-0.3, -0.25) is 4.79 Å². The summed E-state index contributed by atoms with van der Waals surface area (Å²) in [5, 5.41) is 0. The fraction of sp³-hybridized carbons (Fsp3) is 0.0625. The first-order chi connectivity index (χ1) is 10.5. The van der Waals surface area contributed by atoms with E-state index in [0.29, 0.717) is 16.9 Å². The summed E-state index contributed by atoms with van der Waals surface area (Å²) in [6, 6.07) is 9.78. The number of alkyl halides is 3. The second kappa shape index (κ2) is 5.22. The number of hydrogen-bond donors (Lipinski definition) is 0. The minimum absolute atomic E-state index is 0.0479. The molecule has 0 saturated heterocycles. The number of ether oxygens (including phenoxy) is 2. The standard InChI is InChI=1S/C16H9F3O3/c17-16(18,19)11-6-5-10-7-15(21-9-20)12-3-1-2-4-13(12)22-14(10)8-11/h1-9H. The van der Waals surface area contributed by atoms with Crippen molar-refractivity contribution in [2.75, 3.05) is 0 Å². The van der Waals surface area contributed by atoms with E-state index in [1.807, 2.05) is 0 Å². The lowest BCUT2D eigenvalue weighted by atomic mass is 10.1. The summed E-state index contributed by atoms with van der Waals surface area (Å²) in [5.41, 5.74) is 0.0669. The number of rotatable bonds is 2. The van der Waals surface area contributed by atoms with Crippen LogP contribution in [0.1, 0.15) is 16.7 Å². The van der Waals surface area contributed by atoms with Crippen LogP contribution in [0, 0.1) is 0 Å². The molecular weight excluding hydrogens is 297 g/mol. The number of hydrogen-bond acceptors (Lipinski definition) is 3. The quantitative estimate of drug-likeness (QED) is 0.767. The third-order valence-corrected chi connectivity index (χ3v) is 3.18. The zero-order chi connectivity index (χ0) is 15.7. The molecule has 2 aromatic carbocycles. The molecule has 3 nitrogen and oxygen atoms in total. The van der Waals surface area contributed by atoms with Gasteiger partial charge in [-0.05, 0) is 30.3 Å². The normalized spacial score (nSPS) is 13.1. The summed E-state index contributed by atoms with van der Waals surface area (Å²) < 4.78 is 48.9. The zero-order valence-corrected chi connectivity index (χ0v) is 11.1. The molecule has 0 spiro atoms. The minimum atomic E-state index is -4.46. The zero-order valence-electron chi connectivity index (χ0n) is 11.1. The monoisotopic (exact) mass is 306 g/mol. The van der Waals surface area contributed by atoms with Crippen LogP contribution in [-0.4, -0.2) is 6.47 Å². The van der Waals surface area contributed by atoms with Gasteiger partial charge in [0.15, 0.2) is 0 Å². The van der Waals surface area contributed by atoms with E-state index in [1.54, 1.807) is 24.3 Å². The summed E-state index contributed by atoms with van der Waals surface area (Å²) in [6.45, 7) is 0.262. The van der Waals surface area contributed by atoms with Crippen molar-refractivity contribution >= 4 is 18.3 Å². The molecule has 1 aliphatic rings. The molecule has 0 N–H and O–H groups in total. The van der Waals surface area contributed by atoms with E-state index in [-0.39, 0.29) is 18.0 Å². The van der Waals surface area contributed by atoms with Crippen LogP contribution in [-0.2, 0) is 15.7 Å². The Balaban J connectivity index is 2.17. The Labute approximate surface area is 123 Å². The highest BCUT2D eigenvalue weighted by atomic mass is 19.4. The fourth-order valence-corrected chi connectivity index (χ4v) is 2.16. The van der Waals surface area contributed by atoms with Crippen molar-refractivity contribution in [3.63, 3.8) is 0 Å². The van der Waals surface area contributed by atoms with Crippen molar-refractivity contribution in [3.8, 4) is 11.5 Å². The number of benzene rings is 2. The van der Waals surface area contributed by atoms with Gasteiger partial charge in [0.2, 0.25) is 0 Å². The van der Waals surface area contributed by atoms with Crippen LogP contribution in [0.3, 0.4) is 0 Å². The second-order valence-electron chi connectivity index (χ2n) is 4.57. The average Bonchev–Trinajstić information content (AvgIpc) is 2.62. The van der Waals surface area contributed by atoms with Crippen LogP contribution in [0.2, 0.25) is 0 Å². The molecular formula is C16H9F3O3. The molecule has 0 amide bonds. The molecule has 22 heavy (non-hydrogen) atoms. The van der Waals surface area contributed by atoms with Crippen molar-refractivity contribution in [2.45, 2.75) is 6.18 Å². The maximum atomic E-state index is 12.8. The highest BCUT2D eigenvalue weighted by molar-refractivity contribution is 5.86. The molecule has 0 aromatic heterocycles. The first-order valence-electron chi connectivity index (χ1n) is 6.29. The second-order valence-corrected chi connectivity index (χ2v) is 4.57. The number of para-hydroxylation sites is 1. The number of carbonyl (C=O) groups is 1. The van der Waals surface area contributed by atoms with Crippen LogP contribution in [0.4, 0.5) is 13.2 Å². The maximum absolute atomic E-state index is 12.8. The van der Waals surface area contributed by atoms with Crippen LogP contribution in [0.25, 0.3) is 11.8 Å². The Hall–Kier alpha value is -2.76. The van der Waals surface area contributed by atoms with Gasteiger partial charge in [0, 0.05) is 5.56 Å².